The first-order valence-electron chi connectivity index (χ1n) is 31.2. The van der Waals surface area contributed by atoms with Gasteiger partial charge in [-0.1, -0.05) is 309 Å². The van der Waals surface area contributed by atoms with E-state index in [1.54, 1.807) is 6.08 Å². The average Bonchev–Trinajstić information content (AvgIpc) is 3.40. The van der Waals surface area contributed by atoms with Gasteiger partial charge in [0.2, 0.25) is 5.91 Å². The molecule has 0 aliphatic heterocycles. The maximum absolute atomic E-state index is 12.5. The zero-order valence-corrected chi connectivity index (χ0v) is 48.1. The molecule has 0 saturated heterocycles. The summed E-state index contributed by atoms with van der Waals surface area (Å²) in [6.45, 7) is 4.19. The largest absolute Gasteiger partial charge is 0.394 e. The normalized spacial score (nSPS) is 13.6. The zero-order valence-electron chi connectivity index (χ0n) is 48.1. The molecule has 0 rings (SSSR count). The highest BCUT2D eigenvalue weighted by Crippen LogP contribution is 2.16. The summed E-state index contributed by atoms with van der Waals surface area (Å²) in [6.07, 6.45) is 96.7. The van der Waals surface area contributed by atoms with Crippen molar-refractivity contribution in [1.29, 1.82) is 0 Å². The van der Waals surface area contributed by atoms with Gasteiger partial charge in [-0.05, 0) is 96.3 Å². The monoisotopic (exact) mass is 1010 g/mol. The Morgan fingerprint density at radius 2 is 0.616 bits per heavy atom. The summed E-state index contributed by atoms with van der Waals surface area (Å²) in [6, 6.07) is -0.645. The number of amides is 1. The maximum atomic E-state index is 12.5. The molecule has 0 aliphatic carbocycles. The molecular formula is C69H119NO3. The number of unbranched alkanes of at least 4 members (excludes halogenated alkanes) is 31. The van der Waals surface area contributed by atoms with Crippen molar-refractivity contribution in [2.45, 2.75) is 302 Å². The fourth-order valence-corrected chi connectivity index (χ4v) is 8.98. The van der Waals surface area contributed by atoms with E-state index in [2.05, 4.69) is 129 Å². The van der Waals surface area contributed by atoms with Crippen LogP contribution >= 0.6 is 0 Å². The molecule has 0 aliphatic rings. The average molecular weight is 1010 g/mol. The van der Waals surface area contributed by atoms with E-state index in [-0.39, 0.29) is 12.5 Å². The second-order valence-electron chi connectivity index (χ2n) is 20.7. The Labute approximate surface area is 454 Å². The fraction of sp³-hybridized carbons (Fsp3) is 0.696. The third-order valence-electron chi connectivity index (χ3n) is 13.7. The van der Waals surface area contributed by atoms with E-state index in [9.17, 15) is 15.0 Å². The summed E-state index contributed by atoms with van der Waals surface area (Å²) in [5.41, 5.74) is 0. The molecule has 1 amide bonds. The van der Waals surface area contributed by atoms with Gasteiger partial charge >= 0.3 is 0 Å². The van der Waals surface area contributed by atoms with Gasteiger partial charge in [-0.15, -0.1) is 0 Å². The number of hydrogen-bond donors (Lipinski definition) is 3. The van der Waals surface area contributed by atoms with Gasteiger partial charge in [0.25, 0.3) is 0 Å². The Balaban J connectivity index is 3.54. The van der Waals surface area contributed by atoms with Gasteiger partial charge in [0.05, 0.1) is 18.8 Å². The van der Waals surface area contributed by atoms with Crippen LogP contribution in [0.1, 0.15) is 290 Å². The van der Waals surface area contributed by atoms with E-state index in [1.165, 1.54) is 186 Å². The molecule has 2 unspecified atom stereocenters. The molecule has 418 valence electrons. The van der Waals surface area contributed by atoms with Crippen molar-refractivity contribution in [3.05, 3.63) is 122 Å². The molecule has 3 N–H and O–H groups in total. The number of aliphatic hydroxyl groups excluding tert-OH is 2. The number of carbonyl (C=O) groups excluding carboxylic acids is 1. The lowest BCUT2D eigenvalue weighted by Gasteiger charge is -2.19. The maximum Gasteiger partial charge on any atom is 0.220 e. The second kappa shape index (κ2) is 63.1. The van der Waals surface area contributed by atoms with Crippen molar-refractivity contribution in [2.75, 3.05) is 6.61 Å². The predicted octanol–water partition coefficient (Wildman–Crippen LogP) is 21.2. The molecule has 0 fully saturated rings. The van der Waals surface area contributed by atoms with Crippen LogP contribution in [0.2, 0.25) is 0 Å². The van der Waals surface area contributed by atoms with Crippen molar-refractivity contribution in [3.63, 3.8) is 0 Å². The molecule has 0 aromatic carbocycles. The zero-order chi connectivity index (χ0) is 52.7. The molecule has 73 heavy (non-hydrogen) atoms. The van der Waals surface area contributed by atoms with E-state index >= 15 is 0 Å². The quantitative estimate of drug-likeness (QED) is 0.0420. The van der Waals surface area contributed by atoms with Crippen LogP contribution in [-0.2, 0) is 4.79 Å². The smallest absolute Gasteiger partial charge is 0.220 e. The molecule has 0 radical (unpaired) electrons. The number of nitrogens with one attached hydrogen (secondary N) is 1. The number of aliphatic hydroxyl groups is 2. The van der Waals surface area contributed by atoms with Crippen molar-refractivity contribution >= 4 is 5.91 Å². The minimum atomic E-state index is -0.868. The number of hydrogen-bond acceptors (Lipinski definition) is 3. The lowest BCUT2D eigenvalue weighted by molar-refractivity contribution is -0.123. The van der Waals surface area contributed by atoms with Crippen molar-refractivity contribution < 1.29 is 15.0 Å². The Bertz CT molecular complexity index is 1420. The second-order valence-corrected chi connectivity index (χ2v) is 20.7. The fourth-order valence-electron chi connectivity index (χ4n) is 8.98. The lowest BCUT2D eigenvalue weighted by atomic mass is 10.0. The topological polar surface area (TPSA) is 69.6 Å². The van der Waals surface area contributed by atoms with E-state index < -0.39 is 12.1 Å². The van der Waals surface area contributed by atoms with Gasteiger partial charge in [-0.2, -0.15) is 0 Å². The number of rotatable bonds is 56. The molecule has 0 aromatic heterocycles. The molecule has 0 spiro atoms. The summed E-state index contributed by atoms with van der Waals surface area (Å²) in [5, 5.41) is 23.2. The summed E-state index contributed by atoms with van der Waals surface area (Å²) < 4.78 is 0. The first-order valence-corrected chi connectivity index (χ1v) is 31.2. The van der Waals surface area contributed by atoms with Crippen LogP contribution in [-0.4, -0.2) is 34.9 Å². The minimum absolute atomic E-state index is 0.0749. The first kappa shape index (κ1) is 69.8. The summed E-state index contributed by atoms with van der Waals surface area (Å²) in [5.74, 6) is -0.0749. The van der Waals surface area contributed by atoms with Gasteiger partial charge in [-0.3, -0.25) is 4.79 Å². The Hall–Kier alpha value is -3.21. The third-order valence-corrected chi connectivity index (χ3v) is 13.7. The molecule has 0 saturated carbocycles. The van der Waals surface area contributed by atoms with E-state index in [1.807, 2.05) is 6.08 Å². The molecule has 4 nitrogen and oxygen atoms in total. The van der Waals surface area contributed by atoms with Crippen LogP contribution in [0.25, 0.3) is 0 Å². The first-order chi connectivity index (χ1) is 36.2. The molecule has 0 heterocycles. The predicted molar refractivity (Wildman–Crippen MR) is 326 cm³/mol. The molecule has 4 heteroatoms. The standard InChI is InChI=1S/C69H119NO3/c1-3-5-7-9-11-13-15-17-19-21-23-25-26-27-28-29-30-31-32-33-34-35-36-37-38-39-40-41-42-43-44-45-47-49-51-53-55-57-59-61-63-65-69(73)70-67(66-71)68(72)64-62-60-58-56-54-52-50-48-46-24-22-20-18-16-14-12-10-8-6-4-2/h5,7,11,13,17,19,23,25,27-28,30-31,33-34,36-37,54,56,62,64,67-68,71-72H,3-4,6,8-10,12,14-16,18,20-22,24,26,29,32,35,38-53,55,57-61,63,65-66H2,1-2H3,(H,70,73)/b7-5-,13-11-,19-17-,25-23-,28-27-,31-30-,34-33-,37-36-,56-54+,64-62+. The van der Waals surface area contributed by atoms with Crippen molar-refractivity contribution in [3.8, 4) is 0 Å². The van der Waals surface area contributed by atoms with Gasteiger partial charge < -0.3 is 15.5 Å². The van der Waals surface area contributed by atoms with Gasteiger partial charge in [0, 0.05) is 6.42 Å². The summed E-state index contributed by atoms with van der Waals surface area (Å²) >= 11 is 0. The van der Waals surface area contributed by atoms with Crippen LogP contribution in [0, 0.1) is 0 Å². The third kappa shape index (κ3) is 59.5. The summed E-state index contributed by atoms with van der Waals surface area (Å²) in [7, 11) is 0. The lowest BCUT2D eigenvalue weighted by Crippen LogP contribution is -2.45. The van der Waals surface area contributed by atoms with Gasteiger partial charge in [0.1, 0.15) is 0 Å². The highest BCUT2D eigenvalue weighted by molar-refractivity contribution is 5.76. The van der Waals surface area contributed by atoms with Crippen molar-refractivity contribution in [2.24, 2.45) is 0 Å². The van der Waals surface area contributed by atoms with Gasteiger partial charge in [0.15, 0.2) is 0 Å². The van der Waals surface area contributed by atoms with Crippen LogP contribution in [0.3, 0.4) is 0 Å². The summed E-state index contributed by atoms with van der Waals surface area (Å²) in [4.78, 5) is 12.5. The minimum Gasteiger partial charge on any atom is -0.394 e. The van der Waals surface area contributed by atoms with Crippen LogP contribution in [0.4, 0.5) is 0 Å². The molecule has 0 bridgehead atoms. The number of allylic oxidation sites excluding steroid dienone is 19. The molecule has 2 atom stereocenters. The molecule has 0 aromatic rings. The van der Waals surface area contributed by atoms with Crippen LogP contribution in [0.5, 0.6) is 0 Å². The highest BCUT2D eigenvalue weighted by Gasteiger charge is 2.18. The van der Waals surface area contributed by atoms with Crippen LogP contribution < -0.4 is 5.32 Å². The Morgan fingerprint density at radius 1 is 0.342 bits per heavy atom. The Kier molecular flexibility index (Phi) is 60.3. The highest BCUT2D eigenvalue weighted by atomic mass is 16.3. The SMILES string of the molecule is CC/C=C\C/C=C\C/C=C\C/C=C\C/C=C\C/C=C\C/C=C\C/C=C\CCCCCCCCCCCCCCCCCCC(=O)NC(CO)C(O)/C=C/CC/C=C/CCCCCCCCCCCCCCCC. The van der Waals surface area contributed by atoms with Crippen LogP contribution in [0.15, 0.2) is 122 Å². The van der Waals surface area contributed by atoms with E-state index in [0.29, 0.717) is 6.42 Å². The van der Waals surface area contributed by atoms with Crippen molar-refractivity contribution in [1.82, 2.24) is 5.32 Å². The Morgan fingerprint density at radius 3 is 0.959 bits per heavy atom. The molecular weight excluding hydrogens is 891 g/mol. The van der Waals surface area contributed by atoms with Gasteiger partial charge in [-0.25, -0.2) is 0 Å². The van der Waals surface area contributed by atoms with E-state index in [4.69, 9.17) is 0 Å². The number of carbonyl (C=O) groups is 1. The van der Waals surface area contributed by atoms with E-state index in [0.717, 1.165) is 83.5 Å².